The Morgan fingerprint density at radius 2 is 2.22 bits per heavy atom. The Labute approximate surface area is 108 Å². The maximum atomic E-state index is 5.11. The minimum atomic E-state index is 0.589. The number of aryl methyl sites for hydroxylation is 1. The van der Waals surface area contributed by atoms with Gasteiger partial charge >= 0.3 is 0 Å². The standard InChI is InChI=1S/C14H21N3O/c1-11(2)10-17-13(7-5-9-18-3)16-12-6-4-8-15-14(12)17/h4,6,8,11H,5,7,9-10H2,1-3H3. The third-order valence-corrected chi connectivity index (χ3v) is 2.88. The summed E-state index contributed by atoms with van der Waals surface area (Å²) in [6.07, 6.45) is 3.77. The molecule has 0 aliphatic rings. The third-order valence-electron chi connectivity index (χ3n) is 2.88. The summed E-state index contributed by atoms with van der Waals surface area (Å²) in [6, 6.07) is 3.97. The fourth-order valence-corrected chi connectivity index (χ4v) is 2.13. The van der Waals surface area contributed by atoms with Gasteiger partial charge in [-0.3, -0.25) is 0 Å². The first-order valence-corrected chi connectivity index (χ1v) is 6.51. The maximum Gasteiger partial charge on any atom is 0.159 e. The molecule has 0 spiro atoms. The normalized spacial score (nSPS) is 11.6. The monoisotopic (exact) mass is 247 g/mol. The van der Waals surface area contributed by atoms with Crippen molar-refractivity contribution in [2.45, 2.75) is 33.2 Å². The molecule has 0 unspecified atom stereocenters. The Morgan fingerprint density at radius 3 is 2.94 bits per heavy atom. The van der Waals surface area contributed by atoms with E-state index >= 15 is 0 Å². The molecule has 0 atom stereocenters. The molecular formula is C14H21N3O. The van der Waals surface area contributed by atoms with Gasteiger partial charge in [0.1, 0.15) is 11.3 Å². The molecule has 4 heteroatoms. The number of ether oxygens (including phenoxy) is 1. The molecule has 0 aromatic carbocycles. The number of fused-ring (bicyclic) bond motifs is 1. The zero-order chi connectivity index (χ0) is 13.0. The number of nitrogens with zero attached hydrogens (tertiary/aromatic N) is 3. The van der Waals surface area contributed by atoms with Gasteiger partial charge in [0, 0.05) is 32.9 Å². The lowest BCUT2D eigenvalue weighted by Gasteiger charge is -2.10. The molecule has 0 saturated carbocycles. The fourth-order valence-electron chi connectivity index (χ4n) is 2.13. The van der Waals surface area contributed by atoms with Crippen molar-refractivity contribution >= 4 is 11.2 Å². The molecule has 0 aliphatic heterocycles. The Bertz CT molecular complexity index is 505. The van der Waals surface area contributed by atoms with Crippen LogP contribution in [-0.2, 0) is 17.7 Å². The highest BCUT2D eigenvalue weighted by Gasteiger charge is 2.12. The largest absolute Gasteiger partial charge is 0.385 e. The van der Waals surface area contributed by atoms with Crippen LogP contribution in [0.1, 0.15) is 26.1 Å². The van der Waals surface area contributed by atoms with Crippen molar-refractivity contribution in [1.29, 1.82) is 0 Å². The first-order chi connectivity index (χ1) is 8.72. The lowest BCUT2D eigenvalue weighted by molar-refractivity contribution is 0.194. The molecule has 98 valence electrons. The van der Waals surface area contributed by atoms with Gasteiger partial charge in [0.15, 0.2) is 5.65 Å². The second-order valence-electron chi connectivity index (χ2n) is 4.97. The minimum absolute atomic E-state index is 0.589. The number of hydrogen-bond donors (Lipinski definition) is 0. The molecule has 4 nitrogen and oxygen atoms in total. The summed E-state index contributed by atoms with van der Waals surface area (Å²) in [4.78, 5) is 9.13. The predicted octanol–water partition coefficient (Wildman–Crippen LogP) is 2.67. The summed E-state index contributed by atoms with van der Waals surface area (Å²) in [5, 5.41) is 0. The molecule has 18 heavy (non-hydrogen) atoms. The van der Waals surface area contributed by atoms with Crippen molar-refractivity contribution in [3.05, 3.63) is 24.2 Å². The van der Waals surface area contributed by atoms with E-state index in [4.69, 9.17) is 4.74 Å². The summed E-state index contributed by atoms with van der Waals surface area (Å²) >= 11 is 0. The zero-order valence-corrected chi connectivity index (χ0v) is 11.4. The van der Waals surface area contributed by atoms with Crippen molar-refractivity contribution in [2.75, 3.05) is 13.7 Å². The highest BCUT2D eigenvalue weighted by Crippen LogP contribution is 2.16. The van der Waals surface area contributed by atoms with Crippen LogP contribution >= 0.6 is 0 Å². The second kappa shape index (κ2) is 5.96. The predicted molar refractivity (Wildman–Crippen MR) is 72.6 cm³/mol. The van der Waals surface area contributed by atoms with Crippen LogP contribution in [0.4, 0.5) is 0 Å². The van der Waals surface area contributed by atoms with Crippen LogP contribution in [0, 0.1) is 5.92 Å². The summed E-state index contributed by atoms with van der Waals surface area (Å²) in [5.41, 5.74) is 1.99. The molecule has 0 fully saturated rings. The van der Waals surface area contributed by atoms with Crippen LogP contribution in [0.2, 0.25) is 0 Å². The quantitative estimate of drug-likeness (QED) is 0.737. The molecule has 0 N–H and O–H groups in total. The Hall–Kier alpha value is -1.42. The highest BCUT2D eigenvalue weighted by atomic mass is 16.5. The van der Waals surface area contributed by atoms with E-state index < -0.39 is 0 Å². The van der Waals surface area contributed by atoms with Gasteiger partial charge in [-0.05, 0) is 24.5 Å². The van der Waals surface area contributed by atoms with Crippen molar-refractivity contribution in [1.82, 2.24) is 14.5 Å². The average molecular weight is 247 g/mol. The summed E-state index contributed by atoms with van der Waals surface area (Å²) in [5.74, 6) is 1.71. The lowest BCUT2D eigenvalue weighted by Crippen LogP contribution is -2.10. The highest BCUT2D eigenvalue weighted by molar-refractivity contribution is 5.71. The molecule has 2 aromatic heterocycles. The molecule has 0 amide bonds. The smallest absolute Gasteiger partial charge is 0.159 e. The van der Waals surface area contributed by atoms with Crippen LogP contribution in [-0.4, -0.2) is 28.3 Å². The van der Waals surface area contributed by atoms with Gasteiger partial charge in [-0.15, -0.1) is 0 Å². The van der Waals surface area contributed by atoms with E-state index in [1.807, 2.05) is 18.3 Å². The molecule has 2 rings (SSSR count). The first kappa shape index (κ1) is 13.0. The Balaban J connectivity index is 2.30. The van der Waals surface area contributed by atoms with Crippen LogP contribution in [0.5, 0.6) is 0 Å². The molecule has 0 aliphatic carbocycles. The average Bonchev–Trinajstić information content (AvgIpc) is 2.68. The zero-order valence-electron chi connectivity index (χ0n) is 11.4. The molecule has 2 heterocycles. The molecule has 0 bridgehead atoms. The van der Waals surface area contributed by atoms with Gasteiger partial charge in [-0.25, -0.2) is 9.97 Å². The van der Waals surface area contributed by atoms with Gasteiger partial charge in [-0.2, -0.15) is 0 Å². The van der Waals surface area contributed by atoms with E-state index in [0.717, 1.165) is 43.0 Å². The van der Waals surface area contributed by atoms with E-state index in [-0.39, 0.29) is 0 Å². The van der Waals surface area contributed by atoms with Crippen molar-refractivity contribution in [2.24, 2.45) is 5.92 Å². The topological polar surface area (TPSA) is 39.9 Å². The number of hydrogen-bond acceptors (Lipinski definition) is 3. The van der Waals surface area contributed by atoms with E-state index in [1.165, 1.54) is 0 Å². The summed E-state index contributed by atoms with van der Waals surface area (Å²) in [7, 11) is 1.73. The van der Waals surface area contributed by atoms with Crippen molar-refractivity contribution in [3.63, 3.8) is 0 Å². The SMILES string of the molecule is COCCCc1nc2cccnc2n1CC(C)C. The first-order valence-electron chi connectivity index (χ1n) is 6.51. The molecule has 2 aromatic rings. The lowest BCUT2D eigenvalue weighted by atomic mass is 10.2. The molecule has 0 radical (unpaired) electrons. The second-order valence-corrected chi connectivity index (χ2v) is 4.97. The summed E-state index contributed by atoms with van der Waals surface area (Å²) in [6.45, 7) is 6.18. The van der Waals surface area contributed by atoms with E-state index in [0.29, 0.717) is 5.92 Å². The maximum absolute atomic E-state index is 5.11. The van der Waals surface area contributed by atoms with Crippen LogP contribution in [0.3, 0.4) is 0 Å². The number of aromatic nitrogens is 3. The number of imidazole rings is 1. The van der Waals surface area contributed by atoms with Gasteiger partial charge in [0.2, 0.25) is 0 Å². The van der Waals surface area contributed by atoms with Gasteiger partial charge < -0.3 is 9.30 Å². The van der Waals surface area contributed by atoms with E-state index in [2.05, 4.69) is 28.4 Å². The number of rotatable bonds is 6. The number of pyridine rings is 1. The minimum Gasteiger partial charge on any atom is -0.385 e. The van der Waals surface area contributed by atoms with Crippen molar-refractivity contribution < 1.29 is 4.74 Å². The third kappa shape index (κ3) is 2.88. The van der Waals surface area contributed by atoms with E-state index in [1.54, 1.807) is 7.11 Å². The van der Waals surface area contributed by atoms with E-state index in [9.17, 15) is 0 Å². The van der Waals surface area contributed by atoms with Gasteiger partial charge in [-0.1, -0.05) is 13.8 Å². The number of methoxy groups -OCH3 is 1. The van der Waals surface area contributed by atoms with Crippen LogP contribution < -0.4 is 0 Å². The van der Waals surface area contributed by atoms with Crippen LogP contribution in [0.15, 0.2) is 18.3 Å². The Kier molecular flexibility index (Phi) is 4.31. The Morgan fingerprint density at radius 1 is 1.39 bits per heavy atom. The van der Waals surface area contributed by atoms with Crippen molar-refractivity contribution in [3.8, 4) is 0 Å². The molecule has 0 saturated heterocycles. The molecular weight excluding hydrogens is 226 g/mol. The fraction of sp³-hybridized carbons (Fsp3) is 0.571. The van der Waals surface area contributed by atoms with Gasteiger partial charge in [0.25, 0.3) is 0 Å². The van der Waals surface area contributed by atoms with Crippen LogP contribution in [0.25, 0.3) is 11.2 Å². The summed E-state index contributed by atoms with van der Waals surface area (Å²) < 4.78 is 7.35. The van der Waals surface area contributed by atoms with Gasteiger partial charge in [0.05, 0.1) is 0 Å².